The first-order valence-corrected chi connectivity index (χ1v) is 5.78. The molecule has 3 unspecified atom stereocenters. The minimum absolute atomic E-state index is 0.249. The third-order valence-electron chi connectivity index (χ3n) is 1.80. The van der Waals surface area contributed by atoms with Gasteiger partial charge in [0.1, 0.15) is 0 Å². The van der Waals surface area contributed by atoms with Gasteiger partial charge in [0, 0.05) is 6.66 Å². The summed E-state index contributed by atoms with van der Waals surface area (Å²) < 4.78 is 27.7. The molecule has 0 aliphatic heterocycles. The van der Waals surface area contributed by atoms with Gasteiger partial charge in [-0.3, -0.25) is 4.57 Å². The molecule has 0 radical (unpaired) electrons. The van der Waals surface area contributed by atoms with Crippen LogP contribution in [0.4, 0.5) is 4.20 Å². The topological polar surface area (TPSA) is 26.3 Å². The standard InChI is InChI=1S/C7H16FO2P/c1-5-6(2)7(3)10-11(4,8)9/h6-7H,5H2,1-4H3. The fourth-order valence-corrected chi connectivity index (χ4v) is 1.53. The molecule has 0 amide bonds. The van der Waals surface area contributed by atoms with Gasteiger partial charge < -0.3 is 4.52 Å². The van der Waals surface area contributed by atoms with E-state index in [-0.39, 0.29) is 12.0 Å². The molecule has 0 fully saturated rings. The lowest BCUT2D eigenvalue weighted by Crippen LogP contribution is -2.14. The zero-order valence-corrected chi connectivity index (χ0v) is 8.40. The van der Waals surface area contributed by atoms with E-state index in [2.05, 4.69) is 4.52 Å². The number of hydrogen-bond acceptors (Lipinski definition) is 2. The molecule has 0 aromatic rings. The van der Waals surface area contributed by atoms with E-state index in [0.29, 0.717) is 0 Å². The Balaban J connectivity index is 3.87. The minimum Gasteiger partial charge on any atom is -0.302 e. The lowest BCUT2D eigenvalue weighted by Gasteiger charge is -2.18. The van der Waals surface area contributed by atoms with E-state index in [1.165, 1.54) is 0 Å². The highest BCUT2D eigenvalue weighted by molar-refractivity contribution is 7.52. The Kier molecular flexibility index (Phi) is 4.27. The van der Waals surface area contributed by atoms with Crippen molar-refractivity contribution in [2.45, 2.75) is 33.3 Å². The summed E-state index contributed by atoms with van der Waals surface area (Å²) in [6, 6.07) is 0. The van der Waals surface area contributed by atoms with Gasteiger partial charge in [-0.25, -0.2) is 0 Å². The van der Waals surface area contributed by atoms with Crippen LogP contribution in [0, 0.1) is 5.92 Å². The quantitative estimate of drug-likeness (QED) is 0.624. The molecule has 0 heterocycles. The van der Waals surface area contributed by atoms with Crippen molar-refractivity contribution in [1.29, 1.82) is 0 Å². The molecule has 0 N–H and O–H groups in total. The van der Waals surface area contributed by atoms with E-state index in [0.717, 1.165) is 13.1 Å². The van der Waals surface area contributed by atoms with Crippen LogP contribution >= 0.6 is 7.68 Å². The second kappa shape index (κ2) is 4.22. The van der Waals surface area contributed by atoms with Gasteiger partial charge in [-0.1, -0.05) is 20.3 Å². The van der Waals surface area contributed by atoms with Gasteiger partial charge in [0.25, 0.3) is 0 Å². The highest BCUT2D eigenvalue weighted by Crippen LogP contribution is 2.46. The Bertz CT molecular complexity index is 155. The van der Waals surface area contributed by atoms with Crippen LogP contribution in [0.2, 0.25) is 0 Å². The summed E-state index contributed by atoms with van der Waals surface area (Å²) in [5.74, 6) is 0.249. The molecule has 0 bridgehead atoms. The summed E-state index contributed by atoms with van der Waals surface area (Å²) in [6.07, 6.45) is 0.641. The van der Waals surface area contributed by atoms with Crippen LogP contribution in [0.5, 0.6) is 0 Å². The van der Waals surface area contributed by atoms with E-state index >= 15 is 0 Å². The van der Waals surface area contributed by atoms with E-state index in [4.69, 9.17) is 0 Å². The van der Waals surface area contributed by atoms with Crippen molar-refractivity contribution in [3.8, 4) is 0 Å². The van der Waals surface area contributed by atoms with Gasteiger partial charge in [0.15, 0.2) is 0 Å². The van der Waals surface area contributed by atoms with Crippen LogP contribution in [0.1, 0.15) is 27.2 Å². The maximum atomic E-state index is 12.5. The summed E-state index contributed by atoms with van der Waals surface area (Å²) in [6.45, 7) is 6.67. The lowest BCUT2D eigenvalue weighted by molar-refractivity contribution is 0.151. The van der Waals surface area contributed by atoms with Crippen LogP contribution in [-0.2, 0) is 9.09 Å². The normalized spacial score (nSPS) is 22.3. The van der Waals surface area contributed by atoms with Gasteiger partial charge >= 0.3 is 7.68 Å². The van der Waals surface area contributed by atoms with Gasteiger partial charge in [-0.2, -0.15) is 4.20 Å². The molecule has 4 heteroatoms. The number of halogens is 1. The van der Waals surface area contributed by atoms with E-state index < -0.39 is 7.68 Å². The fraction of sp³-hybridized carbons (Fsp3) is 1.00. The van der Waals surface area contributed by atoms with Gasteiger partial charge in [0.05, 0.1) is 6.10 Å². The van der Waals surface area contributed by atoms with E-state index in [1.807, 2.05) is 13.8 Å². The van der Waals surface area contributed by atoms with Crippen molar-refractivity contribution >= 4 is 7.68 Å². The van der Waals surface area contributed by atoms with E-state index in [9.17, 15) is 8.76 Å². The predicted octanol–water partition coefficient (Wildman–Crippen LogP) is 3.23. The molecule has 0 spiro atoms. The number of rotatable bonds is 4. The highest BCUT2D eigenvalue weighted by atomic mass is 31.2. The Morgan fingerprint density at radius 1 is 1.55 bits per heavy atom. The summed E-state index contributed by atoms with van der Waals surface area (Å²) in [5.41, 5.74) is 0. The molecule has 11 heavy (non-hydrogen) atoms. The second-order valence-electron chi connectivity index (χ2n) is 2.94. The highest BCUT2D eigenvalue weighted by Gasteiger charge is 2.20. The van der Waals surface area contributed by atoms with Crippen LogP contribution < -0.4 is 0 Å². The van der Waals surface area contributed by atoms with Gasteiger partial charge in [-0.15, -0.1) is 0 Å². The third-order valence-corrected chi connectivity index (χ3v) is 2.51. The SMILES string of the molecule is CCC(C)C(C)OP(C)(=O)F. The van der Waals surface area contributed by atoms with E-state index in [1.54, 1.807) is 6.92 Å². The molecular weight excluding hydrogens is 166 g/mol. The van der Waals surface area contributed by atoms with Gasteiger partial charge in [-0.05, 0) is 12.8 Å². The van der Waals surface area contributed by atoms with Crippen molar-refractivity contribution in [1.82, 2.24) is 0 Å². The first kappa shape index (κ1) is 11.1. The van der Waals surface area contributed by atoms with Crippen molar-refractivity contribution in [2.24, 2.45) is 5.92 Å². The first-order chi connectivity index (χ1) is 4.87. The molecule has 0 aromatic carbocycles. The van der Waals surface area contributed by atoms with Crippen molar-refractivity contribution in [2.75, 3.05) is 6.66 Å². The molecule has 0 rings (SSSR count). The molecule has 68 valence electrons. The zero-order chi connectivity index (χ0) is 9.07. The van der Waals surface area contributed by atoms with Crippen LogP contribution in [0.25, 0.3) is 0 Å². The lowest BCUT2D eigenvalue weighted by atomic mass is 10.0. The van der Waals surface area contributed by atoms with Gasteiger partial charge in [0.2, 0.25) is 0 Å². The molecule has 0 aromatic heterocycles. The van der Waals surface area contributed by atoms with Crippen molar-refractivity contribution in [3.05, 3.63) is 0 Å². The molecule has 0 aliphatic rings. The average Bonchev–Trinajstić information content (AvgIpc) is 1.82. The third kappa shape index (κ3) is 5.40. The predicted molar refractivity (Wildman–Crippen MR) is 44.6 cm³/mol. The van der Waals surface area contributed by atoms with Crippen LogP contribution in [0.3, 0.4) is 0 Å². The summed E-state index contributed by atoms with van der Waals surface area (Å²) in [7, 11) is -3.79. The summed E-state index contributed by atoms with van der Waals surface area (Å²) in [4.78, 5) is 0. The molecule has 0 aliphatic carbocycles. The maximum absolute atomic E-state index is 12.5. The van der Waals surface area contributed by atoms with Crippen molar-refractivity contribution in [3.63, 3.8) is 0 Å². The largest absolute Gasteiger partial charge is 0.364 e. The Hall–Kier alpha value is 0.120. The monoisotopic (exact) mass is 182 g/mol. The van der Waals surface area contributed by atoms with Crippen molar-refractivity contribution < 1.29 is 13.3 Å². The Morgan fingerprint density at radius 3 is 2.27 bits per heavy atom. The Morgan fingerprint density at radius 2 is 2.00 bits per heavy atom. The average molecular weight is 182 g/mol. The summed E-state index contributed by atoms with van der Waals surface area (Å²) >= 11 is 0. The minimum atomic E-state index is -3.79. The molecular formula is C7H16FO2P. The number of hydrogen-bond donors (Lipinski definition) is 0. The summed E-state index contributed by atoms with van der Waals surface area (Å²) in [5, 5.41) is 0. The molecule has 0 saturated heterocycles. The second-order valence-corrected chi connectivity index (χ2v) is 4.65. The first-order valence-electron chi connectivity index (χ1n) is 3.82. The fourth-order valence-electron chi connectivity index (χ4n) is 0.733. The Labute approximate surface area is 67.7 Å². The maximum Gasteiger partial charge on any atom is 0.364 e. The zero-order valence-electron chi connectivity index (χ0n) is 7.50. The molecule has 2 nitrogen and oxygen atoms in total. The van der Waals surface area contributed by atoms with Crippen LogP contribution in [-0.4, -0.2) is 12.8 Å². The molecule has 0 saturated carbocycles. The molecule has 3 atom stereocenters. The smallest absolute Gasteiger partial charge is 0.302 e. The van der Waals surface area contributed by atoms with Crippen LogP contribution in [0.15, 0.2) is 0 Å².